The number of nitrogen functional groups attached to an aromatic ring is 1. The summed E-state index contributed by atoms with van der Waals surface area (Å²) in [5.41, 5.74) is 8.77. The lowest BCUT2D eigenvalue weighted by Crippen LogP contribution is -2.12. The Bertz CT molecular complexity index is 623. The first-order valence-corrected chi connectivity index (χ1v) is 7.46. The number of hydrogen-bond acceptors (Lipinski definition) is 2. The molecule has 2 rings (SSSR count). The molecule has 0 saturated carbocycles. The van der Waals surface area contributed by atoms with E-state index >= 15 is 0 Å². The van der Waals surface area contributed by atoms with Gasteiger partial charge in [0.25, 0.3) is 5.91 Å². The van der Waals surface area contributed by atoms with Gasteiger partial charge in [-0.1, -0.05) is 22.0 Å². The number of rotatable bonds is 2. The summed E-state index contributed by atoms with van der Waals surface area (Å²) in [7, 11) is 0. The topological polar surface area (TPSA) is 55.1 Å². The summed E-state index contributed by atoms with van der Waals surface area (Å²) in [6.07, 6.45) is 0. The van der Waals surface area contributed by atoms with Gasteiger partial charge in [-0.05, 0) is 65.4 Å². The predicted octanol–water partition coefficient (Wildman–Crippen LogP) is 4.20. The molecule has 0 heterocycles. The Morgan fingerprint density at radius 2 is 2.00 bits per heavy atom. The molecule has 0 aliphatic heterocycles. The van der Waals surface area contributed by atoms with Crippen molar-refractivity contribution in [3.8, 4) is 0 Å². The first-order chi connectivity index (χ1) is 8.95. The second-order valence-electron chi connectivity index (χ2n) is 4.19. The zero-order valence-corrected chi connectivity index (χ0v) is 13.9. The van der Waals surface area contributed by atoms with E-state index in [2.05, 4.69) is 43.8 Å². The van der Waals surface area contributed by atoms with Crippen LogP contribution in [0.1, 0.15) is 15.9 Å². The first-order valence-electron chi connectivity index (χ1n) is 5.59. The van der Waals surface area contributed by atoms with Crippen LogP contribution in [0.4, 0.5) is 11.4 Å². The SMILES string of the molecule is Cc1ccc(NC(=O)c2cc(N)cc(Br)c2)cc1I. The van der Waals surface area contributed by atoms with E-state index in [1.54, 1.807) is 18.2 Å². The van der Waals surface area contributed by atoms with Gasteiger partial charge in [-0.15, -0.1) is 0 Å². The highest BCUT2D eigenvalue weighted by Crippen LogP contribution is 2.20. The maximum absolute atomic E-state index is 12.1. The Labute approximate surface area is 133 Å². The number of aryl methyl sites for hydroxylation is 1. The van der Waals surface area contributed by atoms with Crippen LogP contribution in [0.5, 0.6) is 0 Å². The van der Waals surface area contributed by atoms with Crippen molar-refractivity contribution in [2.75, 3.05) is 11.1 Å². The predicted molar refractivity (Wildman–Crippen MR) is 90.4 cm³/mol. The molecular weight excluding hydrogens is 419 g/mol. The number of halogens is 2. The van der Waals surface area contributed by atoms with Gasteiger partial charge in [0, 0.05) is 25.0 Å². The number of hydrogen-bond donors (Lipinski definition) is 2. The van der Waals surface area contributed by atoms with Gasteiger partial charge < -0.3 is 11.1 Å². The molecule has 3 N–H and O–H groups in total. The summed E-state index contributed by atoms with van der Waals surface area (Å²) in [5, 5.41) is 2.86. The zero-order chi connectivity index (χ0) is 14.0. The Kier molecular flexibility index (Phi) is 4.46. The van der Waals surface area contributed by atoms with Gasteiger partial charge in [-0.25, -0.2) is 0 Å². The van der Waals surface area contributed by atoms with Crippen LogP contribution < -0.4 is 11.1 Å². The highest BCUT2D eigenvalue weighted by molar-refractivity contribution is 14.1. The lowest BCUT2D eigenvalue weighted by molar-refractivity contribution is 0.102. The third kappa shape index (κ3) is 3.70. The largest absolute Gasteiger partial charge is 0.399 e. The Morgan fingerprint density at radius 1 is 1.26 bits per heavy atom. The summed E-state index contributed by atoms with van der Waals surface area (Å²) in [6, 6.07) is 11.0. The van der Waals surface area contributed by atoms with Crippen molar-refractivity contribution in [3.05, 3.63) is 55.6 Å². The van der Waals surface area contributed by atoms with Crippen LogP contribution in [-0.2, 0) is 0 Å². The second kappa shape index (κ2) is 5.92. The van der Waals surface area contributed by atoms with Crippen LogP contribution in [0, 0.1) is 10.5 Å². The van der Waals surface area contributed by atoms with Gasteiger partial charge in [0.05, 0.1) is 0 Å². The van der Waals surface area contributed by atoms with E-state index in [4.69, 9.17) is 5.73 Å². The molecule has 0 atom stereocenters. The van der Waals surface area contributed by atoms with E-state index in [1.165, 1.54) is 5.56 Å². The fourth-order valence-electron chi connectivity index (χ4n) is 1.62. The van der Waals surface area contributed by atoms with Crippen LogP contribution in [0.3, 0.4) is 0 Å². The quantitative estimate of drug-likeness (QED) is 0.554. The fraction of sp³-hybridized carbons (Fsp3) is 0.0714. The summed E-state index contributed by atoms with van der Waals surface area (Å²) in [5.74, 6) is -0.173. The molecule has 0 spiro atoms. The van der Waals surface area contributed by atoms with Crippen molar-refractivity contribution in [2.24, 2.45) is 0 Å². The lowest BCUT2D eigenvalue weighted by atomic mass is 10.1. The normalized spacial score (nSPS) is 10.3. The van der Waals surface area contributed by atoms with E-state index in [1.807, 2.05) is 25.1 Å². The van der Waals surface area contributed by atoms with Gasteiger partial charge in [-0.2, -0.15) is 0 Å². The van der Waals surface area contributed by atoms with Gasteiger partial charge in [0.2, 0.25) is 0 Å². The van der Waals surface area contributed by atoms with Crippen molar-refractivity contribution < 1.29 is 4.79 Å². The van der Waals surface area contributed by atoms with Crippen LogP contribution in [-0.4, -0.2) is 5.91 Å². The maximum atomic E-state index is 12.1. The number of carbonyl (C=O) groups excluding carboxylic acids is 1. The van der Waals surface area contributed by atoms with Crippen molar-refractivity contribution in [3.63, 3.8) is 0 Å². The minimum absolute atomic E-state index is 0.173. The first kappa shape index (κ1) is 14.3. The molecular formula is C14H12BrIN2O. The van der Waals surface area contributed by atoms with E-state index in [-0.39, 0.29) is 5.91 Å². The lowest BCUT2D eigenvalue weighted by Gasteiger charge is -2.08. The van der Waals surface area contributed by atoms with E-state index < -0.39 is 0 Å². The van der Waals surface area contributed by atoms with E-state index in [0.29, 0.717) is 11.3 Å². The van der Waals surface area contributed by atoms with Gasteiger partial charge in [-0.3, -0.25) is 4.79 Å². The van der Waals surface area contributed by atoms with Gasteiger partial charge >= 0.3 is 0 Å². The molecule has 0 aromatic heterocycles. The fourth-order valence-corrected chi connectivity index (χ4v) is 2.64. The van der Waals surface area contributed by atoms with Crippen LogP contribution in [0.25, 0.3) is 0 Å². The molecule has 0 aliphatic carbocycles. The molecule has 2 aromatic carbocycles. The minimum Gasteiger partial charge on any atom is -0.399 e. The average Bonchev–Trinajstić information content (AvgIpc) is 2.32. The van der Waals surface area contributed by atoms with Gasteiger partial charge in [0.15, 0.2) is 0 Å². The van der Waals surface area contributed by atoms with Crippen molar-refractivity contribution in [2.45, 2.75) is 6.92 Å². The van der Waals surface area contributed by atoms with Crippen LogP contribution in [0.2, 0.25) is 0 Å². The smallest absolute Gasteiger partial charge is 0.255 e. The molecule has 98 valence electrons. The third-order valence-electron chi connectivity index (χ3n) is 2.61. The standard InChI is InChI=1S/C14H12BrIN2O/c1-8-2-3-12(7-13(8)16)18-14(19)9-4-10(15)6-11(17)5-9/h2-7H,17H2,1H3,(H,18,19). The number of nitrogens with one attached hydrogen (secondary N) is 1. The highest BCUT2D eigenvalue weighted by atomic mass is 127. The molecule has 0 saturated heterocycles. The molecule has 0 fully saturated rings. The summed E-state index contributed by atoms with van der Waals surface area (Å²) in [4.78, 5) is 12.1. The molecule has 0 aliphatic rings. The average molecular weight is 431 g/mol. The minimum atomic E-state index is -0.173. The third-order valence-corrected chi connectivity index (χ3v) is 4.23. The van der Waals surface area contributed by atoms with Crippen molar-refractivity contribution in [1.29, 1.82) is 0 Å². The number of nitrogens with two attached hydrogens (primary N) is 1. The molecule has 0 unspecified atom stereocenters. The molecule has 2 aromatic rings. The summed E-state index contributed by atoms with van der Waals surface area (Å²) < 4.78 is 1.90. The second-order valence-corrected chi connectivity index (χ2v) is 6.27. The van der Waals surface area contributed by atoms with Crippen LogP contribution in [0.15, 0.2) is 40.9 Å². The molecule has 3 nitrogen and oxygen atoms in total. The molecule has 19 heavy (non-hydrogen) atoms. The van der Waals surface area contributed by atoms with Crippen molar-refractivity contribution in [1.82, 2.24) is 0 Å². The van der Waals surface area contributed by atoms with Crippen LogP contribution >= 0.6 is 38.5 Å². The summed E-state index contributed by atoms with van der Waals surface area (Å²) >= 11 is 5.57. The Balaban J connectivity index is 2.22. The number of anilines is 2. The summed E-state index contributed by atoms with van der Waals surface area (Å²) in [6.45, 7) is 2.03. The monoisotopic (exact) mass is 430 g/mol. The molecule has 0 radical (unpaired) electrons. The zero-order valence-electron chi connectivity index (χ0n) is 10.2. The number of amides is 1. The highest BCUT2D eigenvalue weighted by Gasteiger charge is 2.08. The molecule has 5 heteroatoms. The number of carbonyl (C=O) groups is 1. The Morgan fingerprint density at radius 3 is 2.63 bits per heavy atom. The van der Waals surface area contributed by atoms with E-state index in [9.17, 15) is 4.79 Å². The maximum Gasteiger partial charge on any atom is 0.255 e. The molecule has 0 bridgehead atoms. The van der Waals surface area contributed by atoms with E-state index in [0.717, 1.165) is 13.7 Å². The van der Waals surface area contributed by atoms with Crippen molar-refractivity contribution >= 4 is 55.8 Å². The van der Waals surface area contributed by atoms with Gasteiger partial charge in [0.1, 0.15) is 0 Å². The Hall–Kier alpha value is -1.08. The molecule has 1 amide bonds. The number of benzene rings is 2.